The van der Waals surface area contributed by atoms with Crippen molar-refractivity contribution < 1.29 is 19.4 Å². The Bertz CT molecular complexity index is 1550. The zero-order chi connectivity index (χ0) is 28.6. The molecule has 0 unspecified atom stereocenters. The Hall–Kier alpha value is -3.98. The summed E-state index contributed by atoms with van der Waals surface area (Å²) >= 11 is 0. The van der Waals surface area contributed by atoms with Crippen LogP contribution in [0.5, 0.6) is 11.6 Å². The number of rotatable bonds is 7. The van der Waals surface area contributed by atoms with Crippen LogP contribution in [0.25, 0.3) is 11.0 Å². The molecule has 1 aliphatic rings. The molecule has 9 heteroatoms. The fourth-order valence-electron chi connectivity index (χ4n) is 5.50. The lowest BCUT2D eigenvalue weighted by Crippen LogP contribution is -2.36. The fourth-order valence-corrected chi connectivity index (χ4v) is 5.50. The predicted molar refractivity (Wildman–Crippen MR) is 152 cm³/mol. The Labute approximate surface area is 234 Å². The molecule has 0 saturated heterocycles. The van der Waals surface area contributed by atoms with Gasteiger partial charge in [0.2, 0.25) is 5.88 Å². The summed E-state index contributed by atoms with van der Waals surface area (Å²) in [6.07, 6.45) is 0.208. The van der Waals surface area contributed by atoms with E-state index in [1.165, 1.54) is 7.11 Å². The van der Waals surface area contributed by atoms with Crippen molar-refractivity contribution >= 4 is 17.0 Å². The molecule has 0 saturated carbocycles. The number of carbonyl (C=O) groups is 1. The molecule has 0 amide bonds. The largest absolute Gasteiger partial charge is 0.493 e. The molecule has 4 aromatic rings. The van der Waals surface area contributed by atoms with Gasteiger partial charge in [-0.05, 0) is 59.7 Å². The topological polar surface area (TPSA) is 103 Å². The van der Waals surface area contributed by atoms with Crippen molar-refractivity contribution in [1.29, 1.82) is 0 Å². The van der Waals surface area contributed by atoms with E-state index in [4.69, 9.17) is 9.47 Å². The van der Waals surface area contributed by atoms with Gasteiger partial charge in [0.15, 0.2) is 0 Å². The Morgan fingerprint density at radius 3 is 2.73 bits per heavy atom. The van der Waals surface area contributed by atoms with Crippen LogP contribution >= 0.6 is 0 Å². The summed E-state index contributed by atoms with van der Waals surface area (Å²) in [5.74, 6) is 0.547. The highest BCUT2D eigenvalue weighted by Gasteiger charge is 2.28. The van der Waals surface area contributed by atoms with Crippen molar-refractivity contribution in [2.24, 2.45) is 13.0 Å². The van der Waals surface area contributed by atoms with Crippen LogP contribution in [0, 0.1) is 19.8 Å². The summed E-state index contributed by atoms with van der Waals surface area (Å²) < 4.78 is 13.2. The summed E-state index contributed by atoms with van der Waals surface area (Å²) in [5, 5.41) is 18.6. The number of aryl methyl sites for hydroxylation is 3. The Balaban J connectivity index is 1.51. The summed E-state index contributed by atoms with van der Waals surface area (Å²) in [6.45, 7) is 10.4. The molecule has 0 spiro atoms. The molecule has 0 aliphatic carbocycles. The Morgan fingerprint density at radius 2 is 1.98 bits per heavy atom. The molecule has 40 heavy (non-hydrogen) atoms. The third-order valence-electron chi connectivity index (χ3n) is 7.97. The number of aromatic hydroxyl groups is 1. The van der Waals surface area contributed by atoms with E-state index in [0.717, 1.165) is 56.8 Å². The minimum Gasteiger partial charge on any atom is -0.493 e. The number of esters is 1. The molecule has 5 rings (SSSR count). The predicted octanol–water partition coefficient (Wildman–Crippen LogP) is 4.80. The molecule has 0 bridgehead atoms. The number of methoxy groups -OCH3 is 1. The second-order valence-electron chi connectivity index (χ2n) is 11.1. The van der Waals surface area contributed by atoms with Gasteiger partial charge in [0, 0.05) is 38.7 Å². The first-order valence-electron chi connectivity index (χ1n) is 13.7. The highest BCUT2D eigenvalue weighted by Crippen LogP contribution is 2.35. The molecule has 2 aromatic heterocycles. The van der Waals surface area contributed by atoms with Gasteiger partial charge in [0.05, 0.1) is 19.0 Å². The molecular formula is C31H37N5O4. The maximum absolute atomic E-state index is 12.6. The second-order valence-corrected chi connectivity index (χ2v) is 11.1. The average Bonchev–Trinajstić information content (AvgIpc) is 3.20. The summed E-state index contributed by atoms with van der Waals surface area (Å²) in [7, 11) is 3.30. The number of pyridine rings is 1. The monoisotopic (exact) mass is 543 g/mol. The number of hydrogen-bond donors (Lipinski definition) is 1. The lowest BCUT2D eigenvalue weighted by molar-refractivity contribution is -0.140. The first-order chi connectivity index (χ1) is 19.1. The normalized spacial score (nSPS) is 16.4. The van der Waals surface area contributed by atoms with Crippen LogP contribution in [-0.4, -0.2) is 55.7 Å². The van der Waals surface area contributed by atoms with E-state index in [0.29, 0.717) is 19.0 Å². The SMILES string of the molecule is COC(=O)C[C@@H](c1ccc(C)c(CN2Cc3nc(O)ccc3O[C@@H](C(C)C)C2)c1)c1ccc2c(nnn2C)c1C. The van der Waals surface area contributed by atoms with Crippen molar-refractivity contribution in [3.63, 3.8) is 0 Å². The maximum atomic E-state index is 12.6. The maximum Gasteiger partial charge on any atom is 0.306 e. The number of ether oxygens (including phenoxy) is 2. The van der Waals surface area contributed by atoms with E-state index in [1.54, 1.807) is 16.8 Å². The van der Waals surface area contributed by atoms with E-state index >= 15 is 0 Å². The van der Waals surface area contributed by atoms with Gasteiger partial charge in [-0.2, -0.15) is 0 Å². The first-order valence-corrected chi connectivity index (χ1v) is 13.7. The van der Waals surface area contributed by atoms with Crippen molar-refractivity contribution in [3.8, 4) is 11.6 Å². The highest BCUT2D eigenvalue weighted by molar-refractivity contribution is 5.80. The lowest BCUT2D eigenvalue weighted by atomic mass is 9.84. The molecule has 1 aliphatic heterocycles. The number of nitrogens with zero attached hydrogens (tertiary/aromatic N) is 5. The van der Waals surface area contributed by atoms with Crippen molar-refractivity contribution in [2.45, 2.75) is 59.2 Å². The van der Waals surface area contributed by atoms with Gasteiger partial charge in [-0.25, -0.2) is 9.67 Å². The number of aromatic nitrogens is 4. The van der Waals surface area contributed by atoms with Crippen LogP contribution in [0.2, 0.25) is 0 Å². The first kappa shape index (κ1) is 27.6. The van der Waals surface area contributed by atoms with Crippen molar-refractivity contribution in [3.05, 3.63) is 76.0 Å². The van der Waals surface area contributed by atoms with E-state index < -0.39 is 0 Å². The second kappa shape index (κ2) is 11.3. The standard InChI is InChI=1S/C31H37N5O4/c1-18(2)28-17-36(16-25-27(40-28)11-12-29(37)32-25)15-22-13-21(8-7-19(22)3)24(14-30(38)39-6)23-9-10-26-31(20(23)4)33-34-35(26)5/h7-13,18,24,28H,14-17H2,1-6H3,(H,32,37)/t24-,28+/m0/s1. The van der Waals surface area contributed by atoms with E-state index in [-0.39, 0.29) is 30.3 Å². The Kier molecular flexibility index (Phi) is 7.76. The van der Waals surface area contributed by atoms with Gasteiger partial charge < -0.3 is 14.6 Å². The number of hydrogen-bond acceptors (Lipinski definition) is 8. The third-order valence-corrected chi connectivity index (χ3v) is 7.97. The van der Waals surface area contributed by atoms with Gasteiger partial charge >= 0.3 is 5.97 Å². The van der Waals surface area contributed by atoms with E-state index in [1.807, 2.05) is 20.0 Å². The summed E-state index contributed by atoms with van der Waals surface area (Å²) in [4.78, 5) is 19.3. The number of fused-ring (bicyclic) bond motifs is 2. The van der Waals surface area contributed by atoms with Gasteiger partial charge in [-0.1, -0.05) is 43.3 Å². The molecule has 210 valence electrons. The molecule has 2 atom stereocenters. The van der Waals surface area contributed by atoms with Crippen LogP contribution in [0.1, 0.15) is 59.7 Å². The third kappa shape index (κ3) is 5.51. The molecule has 1 N–H and O–H groups in total. The zero-order valence-corrected chi connectivity index (χ0v) is 24.0. The molecule has 9 nitrogen and oxygen atoms in total. The average molecular weight is 544 g/mol. The van der Waals surface area contributed by atoms with E-state index in [9.17, 15) is 9.90 Å². The Morgan fingerprint density at radius 1 is 1.18 bits per heavy atom. The van der Waals surface area contributed by atoms with Gasteiger partial charge in [0.1, 0.15) is 23.1 Å². The lowest BCUT2D eigenvalue weighted by Gasteiger charge is -2.27. The van der Waals surface area contributed by atoms with E-state index in [2.05, 4.69) is 65.2 Å². The molecule has 2 aromatic carbocycles. The van der Waals surface area contributed by atoms with Crippen LogP contribution in [-0.2, 0) is 29.7 Å². The van der Waals surface area contributed by atoms with Crippen LogP contribution in [0.15, 0.2) is 42.5 Å². The molecule has 0 radical (unpaired) electrons. The summed E-state index contributed by atoms with van der Waals surface area (Å²) in [5.41, 5.74) is 7.92. The fraction of sp³-hybridized carbons (Fsp3) is 0.419. The minimum absolute atomic E-state index is 0.00966. The van der Waals surface area contributed by atoms with Gasteiger partial charge in [-0.15, -0.1) is 5.10 Å². The molecule has 0 fully saturated rings. The molecule has 3 heterocycles. The van der Waals surface area contributed by atoms with Crippen LogP contribution in [0.4, 0.5) is 0 Å². The van der Waals surface area contributed by atoms with Crippen molar-refractivity contribution in [2.75, 3.05) is 13.7 Å². The smallest absolute Gasteiger partial charge is 0.306 e. The minimum atomic E-state index is -0.266. The van der Waals surface area contributed by atoms with Gasteiger partial charge in [0.25, 0.3) is 0 Å². The van der Waals surface area contributed by atoms with Crippen LogP contribution < -0.4 is 4.74 Å². The van der Waals surface area contributed by atoms with Crippen molar-refractivity contribution in [1.82, 2.24) is 24.9 Å². The zero-order valence-electron chi connectivity index (χ0n) is 24.0. The van der Waals surface area contributed by atoms with Gasteiger partial charge in [-0.3, -0.25) is 9.69 Å². The number of benzene rings is 2. The number of carbonyl (C=O) groups excluding carboxylic acids is 1. The van der Waals surface area contributed by atoms with Crippen LogP contribution in [0.3, 0.4) is 0 Å². The summed E-state index contributed by atoms with van der Waals surface area (Å²) in [6, 6.07) is 13.9. The quantitative estimate of drug-likeness (QED) is 0.332. The molecular weight excluding hydrogens is 506 g/mol. The highest BCUT2D eigenvalue weighted by atomic mass is 16.5.